The summed E-state index contributed by atoms with van der Waals surface area (Å²) in [6.07, 6.45) is 6.65. The van der Waals surface area contributed by atoms with Crippen LogP contribution in [0.4, 0.5) is 5.69 Å². The average Bonchev–Trinajstić information content (AvgIpc) is 3.19. The van der Waals surface area contributed by atoms with Crippen LogP contribution in [0.25, 0.3) is 11.4 Å². The van der Waals surface area contributed by atoms with Crippen molar-refractivity contribution in [2.24, 2.45) is 0 Å². The molecular formula is C18H21N5S. The fourth-order valence-electron chi connectivity index (χ4n) is 3.16. The summed E-state index contributed by atoms with van der Waals surface area (Å²) in [5, 5.41) is 12.4. The van der Waals surface area contributed by atoms with Crippen molar-refractivity contribution >= 4 is 17.0 Å². The molecule has 124 valence electrons. The van der Waals surface area contributed by atoms with Crippen LogP contribution >= 0.6 is 11.3 Å². The minimum absolute atomic E-state index is 0.799. The van der Waals surface area contributed by atoms with E-state index in [1.807, 2.05) is 11.7 Å². The zero-order valence-electron chi connectivity index (χ0n) is 13.8. The fraction of sp³-hybridized carbons (Fsp3) is 0.389. The molecule has 1 N–H and O–H groups in total. The monoisotopic (exact) mass is 339 g/mol. The molecule has 0 radical (unpaired) electrons. The molecule has 1 aliphatic rings. The molecule has 0 saturated heterocycles. The number of hydrogen-bond donors (Lipinski definition) is 1. The van der Waals surface area contributed by atoms with Crippen molar-refractivity contribution in [2.45, 2.75) is 45.7 Å². The van der Waals surface area contributed by atoms with E-state index in [0.29, 0.717) is 0 Å². The van der Waals surface area contributed by atoms with Gasteiger partial charge in [-0.05, 0) is 31.4 Å². The lowest BCUT2D eigenvalue weighted by atomic mass is 10.1. The number of rotatable bonds is 4. The Morgan fingerprint density at radius 1 is 1.21 bits per heavy atom. The van der Waals surface area contributed by atoms with Gasteiger partial charge in [-0.15, -0.1) is 21.5 Å². The van der Waals surface area contributed by atoms with Gasteiger partial charge in [-0.2, -0.15) is 0 Å². The number of thiazole rings is 1. The molecule has 0 bridgehead atoms. The molecule has 24 heavy (non-hydrogen) atoms. The quantitative estimate of drug-likeness (QED) is 0.779. The molecule has 0 unspecified atom stereocenters. The van der Waals surface area contributed by atoms with Gasteiger partial charge in [0.25, 0.3) is 0 Å². The largest absolute Gasteiger partial charge is 0.380 e. The maximum atomic E-state index is 4.47. The minimum atomic E-state index is 0.799. The molecule has 0 saturated carbocycles. The predicted octanol–water partition coefficient (Wildman–Crippen LogP) is 4.05. The van der Waals surface area contributed by atoms with Crippen molar-refractivity contribution in [3.8, 4) is 11.4 Å². The number of anilines is 1. The van der Waals surface area contributed by atoms with Gasteiger partial charge in [0.2, 0.25) is 0 Å². The van der Waals surface area contributed by atoms with Crippen LogP contribution in [0.1, 0.15) is 35.5 Å². The smallest absolute Gasteiger partial charge is 0.164 e. The second-order valence-corrected chi connectivity index (χ2v) is 7.22. The van der Waals surface area contributed by atoms with Gasteiger partial charge in [0, 0.05) is 35.3 Å². The van der Waals surface area contributed by atoms with E-state index in [9.17, 15) is 0 Å². The molecule has 1 aromatic carbocycles. The van der Waals surface area contributed by atoms with Crippen LogP contribution in [0.15, 0.2) is 29.9 Å². The van der Waals surface area contributed by atoms with E-state index in [1.54, 1.807) is 11.3 Å². The Bertz CT molecular complexity index is 822. The van der Waals surface area contributed by atoms with E-state index >= 15 is 0 Å². The highest BCUT2D eigenvalue weighted by Gasteiger charge is 2.16. The van der Waals surface area contributed by atoms with E-state index in [0.717, 1.165) is 42.4 Å². The van der Waals surface area contributed by atoms with E-state index < -0.39 is 0 Å². The summed E-state index contributed by atoms with van der Waals surface area (Å²) in [6, 6.07) is 6.50. The van der Waals surface area contributed by atoms with Gasteiger partial charge in [-0.3, -0.25) is 4.98 Å². The summed E-state index contributed by atoms with van der Waals surface area (Å²) in [6.45, 7) is 3.95. The molecule has 4 rings (SSSR count). The molecule has 3 aromatic rings. The van der Waals surface area contributed by atoms with Crippen molar-refractivity contribution in [1.29, 1.82) is 0 Å². The first kappa shape index (κ1) is 15.3. The SMILES string of the molecule is Cc1ccc(-c2nnc3n2CCCCC3)cc1NCc1cncs1. The number of hydrogen-bond acceptors (Lipinski definition) is 5. The number of fused-ring (bicyclic) bond motifs is 1. The number of nitrogens with one attached hydrogen (secondary N) is 1. The van der Waals surface area contributed by atoms with Gasteiger partial charge < -0.3 is 9.88 Å². The number of nitrogens with zero attached hydrogens (tertiary/aromatic N) is 4. The third-order valence-electron chi connectivity index (χ3n) is 4.54. The lowest BCUT2D eigenvalue weighted by Gasteiger charge is -2.12. The maximum absolute atomic E-state index is 4.47. The van der Waals surface area contributed by atoms with Crippen molar-refractivity contribution in [3.63, 3.8) is 0 Å². The van der Waals surface area contributed by atoms with E-state index in [-0.39, 0.29) is 0 Å². The standard InChI is InChI=1S/C18H21N5S/c1-13-6-7-14(9-16(13)20-11-15-10-19-12-24-15)18-22-21-17-5-3-2-4-8-23(17)18/h6-7,9-10,12,20H,2-5,8,11H2,1H3. The summed E-state index contributed by atoms with van der Waals surface area (Å²) >= 11 is 1.67. The minimum Gasteiger partial charge on any atom is -0.380 e. The van der Waals surface area contributed by atoms with Crippen LogP contribution in [-0.2, 0) is 19.5 Å². The van der Waals surface area contributed by atoms with Crippen LogP contribution < -0.4 is 5.32 Å². The second kappa shape index (κ2) is 6.73. The summed E-state index contributed by atoms with van der Waals surface area (Å²) in [7, 11) is 0. The van der Waals surface area contributed by atoms with Gasteiger partial charge in [0.15, 0.2) is 5.82 Å². The first-order valence-corrected chi connectivity index (χ1v) is 9.33. The Hall–Kier alpha value is -2.21. The highest BCUT2D eigenvalue weighted by molar-refractivity contribution is 7.09. The number of aryl methyl sites for hydroxylation is 2. The van der Waals surface area contributed by atoms with Crippen molar-refractivity contribution < 1.29 is 0 Å². The molecule has 0 atom stereocenters. The third-order valence-corrected chi connectivity index (χ3v) is 5.32. The molecule has 6 heteroatoms. The molecule has 0 amide bonds. The molecule has 1 aliphatic heterocycles. The van der Waals surface area contributed by atoms with Gasteiger partial charge >= 0.3 is 0 Å². The summed E-state index contributed by atoms with van der Waals surface area (Å²) in [5.41, 5.74) is 5.38. The van der Waals surface area contributed by atoms with Crippen molar-refractivity contribution in [1.82, 2.24) is 19.7 Å². The fourth-order valence-corrected chi connectivity index (χ4v) is 3.70. The highest BCUT2D eigenvalue weighted by Crippen LogP contribution is 2.27. The Balaban J connectivity index is 1.62. The molecule has 0 spiro atoms. The third kappa shape index (κ3) is 3.06. The average molecular weight is 339 g/mol. The van der Waals surface area contributed by atoms with E-state index in [4.69, 9.17) is 0 Å². The van der Waals surface area contributed by atoms with Crippen molar-refractivity contribution in [3.05, 3.63) is 46.2 Å². The van der Waals surface area contributed by atoms with Crippen LogP contribution in [-0.4, -0.2) is 19.7 Å². The molecule has 5 nitrogen and oxygen atoms in total. The van der Waals surface area contributed by atoms with E-state index in [2.05, 4.69) is 50.2 Å². The molecule has 0 aliphatic carbocycles. The second-order valence-electron chi connectivity index (χ2n) is 6.25. The van der Waals surface area contributed by atoms with Crippen LogP contribution in [0.3, 0.4) is 0 Å². The maximum Gasteiger partial charge on any atom is 0.164 e. The van der Waals surface area contributed by atoms with Gasteiger partial charge in [0.05, 0.1) is 12.1 Å². The topological polar surface area (TPSA) is 55.6 Å². The Morgan fingerprint density at radius 3 is 3.04 bits per heavy atom. The van der Waals surface area contributed by atoms with Gasteiger partial charge in [0.1, 0.15) is 5.82 Å². The predicted molar refractivity (Wildman–Crippen MR) is 97.2 cm³/mol. The summed E-state index contributed by atoms with van der Waals surface area (Å²) in [4.78, 5) is 5.36. The number of aromatic nitrogens is 4. The molecule has 2 aromatic heterocycles. The highest BCUT2D eigenvalue weighted by atomic mass is 32.1. The molecule has 0 fully saturated rings. The van der Waals surface area contributed by atoms with Gasteiger partial charge in [-0.1, -0.05) is 18.6 Å². The van der Waals surface area contributed by atoms with Crippen LogP contribution in [0.5, 0.6) is 0 Å². The summed E-state index contributed by atoms with van der Waals surface area (Å²) in [5.74, 6) is 2.12. The number of benzene rings is 1. The van der Waals surface area contributed by atoms with Crippen molar-refractivity contribution in [2.75, 3.05) is 5.32 Å². The zero-order valence-corrected chi connectivity index (χ0v) is 14.6. The normalized spacial score (nSPS) is 14.2. The van der Waals surface area contributed by atoms with Crippen LogP contribution in [0, 0.1) is 6.92 Å². The first-order chi connectivity index (χ1) is 11.8. The lowest BCUT2D eigenvalue weighted by Crippen LogP contribution is -2.04. The Morgan fingerprint density at radius 2 is 2.17 bits per heavy atom. The zero-order chi connectivity index (χ0) is 16.4. The molecular weight excluding hydrogens is 318 g/mol. The summed E-state index contributed by atoms with van der Waals surface area (Å²) < 4.78 is 2.30. The van der Waals surface area contributed by atoms with Gasteiger partial charge in [-0.25, -0.2) is 0 Å². The van der Waals surface area contributed by atoms with Crippen LogP contribution in [0.2, 0.25) is 0 Å². The first-order valence-electron chi connectivity index (χ1n) is 8.45. The Kier molecular flexibility index (Phi) is 4.30. The van der Waals surface area contributed by atoms with E-state index in [1.165, 1.54) is 29.7 Å². The Labute approximate surface area is 145 Å². The molecule has 3 heterocycles. The lowest BCUT2D eigenvalue weighted by molar-refractivity contribution is 0.636.